The van der Waals surface area contributed by atoms with Crippen molar-refractivity contribution in [1.82, 2.24) is 4.31 Å². The van der Waals surface area contributed by atoms with Crippen LogP contribution in [0.4, 0.5) is 10.1 Å². The Morgan fingerprint density at radius 3 is 2.41 bits per heavy atom. The Hall–Kier alpha value is -2.25. The van der Waals surface area contributed by atoms with Crippen LogP contribution in [0.2, 0.25) is 0 Å². The molecule has 144 valence electrons. The zero-order valence-electron chi connectivity index (χ0n) is 15.5. The number of sulfonamides is 1. The molecule has 3 rings (SSSR count). The fraction of sp³-hybridized carbons (Fsp3) is 0.350. The fourth-order valence-corrected chi connectivity index (χ4v) is 4.84. The third-order valence-electron chi connectivity index (χ3n) is 4.76. The van der Waals surface area contributed by atoms with E-state index in [1.807, 2.05) is 26.0 Å². The topological polar surface area (TPSA) is 66.5 Å². The lowest BCUT2D eigenvalue weighted by Gasteiger charge is -2.26. The van der Waals surface area contributed by atoms with Gasteiger partial charge in [0.1, 0.15) is 10.7 Å². The van der Waals surface area contributed by atoms with Crippen LogP contribution in [0.3, 0.4) is 0 Å². The molecule has 1 heterocycles. The lowest BCUT2D eigenvalue weighted by molar-refractivity contribution is 0.102. The first kappa shape index (κ1) is 19.5. The molecule has 1 fully saturated rings. The van der Waals surface area contributed by atoms with E-state index in [1.54, 1.807) is 6.07 Å². The molecule has 0 aliphatic carbocycles. The van der Waals surface area contributed by atoms with E-state index in [4.69, 9.17) is 0 Å². The normalized spacial score (nSPS) is 15.5. The Labute approximate surface area is 159 Å². The molecule has 1 aliphatic heterocycles. The van der Waals surface area contributed by atoms with Gasteiger partial charge in [-0.1, -0.05) is 24.1 Å². The van der Waals surface area contributed by atoms with E-state index in [2.05, 4.69) is 5.32 Å². The Bertz CT molecular complexity index is 967. The summed E-state index contributed by atoms with van der Waals surface area (Å²) < 4.78 is 41.1. The van der Waals surface area contributed by atoms with Gasteiger partial charge >= 0.3 is 0 Å². The lowest BCUT2D eigenvalue weighted by atomic mass is 10.1. The molecule has 0 radical (unpaired) electrons. The molecule has 2 aromatic carbocycles. The molecule has 0 aromatic heterocycles. The Morgan fingerprint density at radius 1 is 1.04 bits per heavy atom. The quantitative estimate of drug-likeness (QED) is 0.862. The molecular weight excluding hydrogens is 367 g/mol. The minimum Gasteiger partial charge on any atom is -0.322 e. The first-order valence-corrected chi connectivity index (χ1v) is 10.4. The van der Waals surface area contributed by atoms with Gasteiger partial charge < -0.3 is 5.32 Å². The smallest absolute Gasteiger partial charge is 0.255 e. The number of hydrogen-bond donors (Lipinski definition) is 1. The fourth-order valence-electron chi connectivity index (χ4n) is 3.23. The molecule has 0 bridgehead atoms. The summed E-state index contributed by atoms with van der Waals surface area (Å²) in [5, 5.41) is 2.76. The first-order valence-electron chi connectivity index (χ1n) is 8.97. The van der Waals surface area contributed by atoms with E-state index < -0.39 is 26.6 Å². The number of carbonyl (C=O) groups excluding carboxylic acids is 1. The standard InChI is InChI=1S/C20H23FN2O3S/c1-14-6-9-18(15(2)12-14)22-20(24)16-7-8-17(21)19(13-16)27(25,26)23-10-4-3-5-11-23/h6-9,12-13H,3-5,10-11H2,1-2H3,(H,22,24). The monoisotopic (exact) mass is 390 g/mol. The largest absolute Gasteiger partial charge is 0.322 e. The number of nitrogens with zero attached hydrogens (tertiary/aromatic N) is 1. The molecule has 1 aliphatic rings. The number of carbonyl (C=O) groups is 1. The van der Waals surface area contributed by atoms with Gasteiger partial charge in [-0.15, -0.1) is 0 Å². The average molecular weight is 390 g/mol. The van der Waals surface area contributed by atoms with Crippen molar-refractivity contribution in [3.05, 3.63) is 58.9 Å². The molecule has 1 amide bonds. The molecule has 1 saturated heterocycles. The second kappa shape index (κ2) is 7.78. The van der Waals surface area contributed by atoms with Crippen molar-refractivity contribution < 1.29 is 17.6 Å². The van der Waals surface area contributed by atoms with Gasteiger partial charge in [-0.2, -0.15) is 4.31 Å². The maximum atomic E-state index is 14.3. The van der Waals surface area contributed by atoms with Crippen molar-refractivity contribution in [1.29, 1.82) is 0 Å². The molecule has 2 aromatic rings. The van der Waals surface area contributed by atoms with Gasteiger partial charge in [-0.05, 0) is 56.5 Å². The third kappa shape index (κ3) is 4.20. The molecule has 0 unspecified atom stereocenters. The van der Waals surface area contributed by atoms with Gasteiger partial charge in [0.05, 0.1) is 0 Å². The van der Waals surface area contributed by atoms with Crippen molar-refractivity contribution in [2.24, 2.45) is 0 Å². The number of nitrogens with one attached hydrogen (secondary N) is 1. The lowest BCUT2D eigenvalue weighted by Crippen LogP contribution is -2.36. The molecular formula is C20H23FN2O3S. The van der Waals surface area contributed by atoms with Crippen molar-refractivity contribution >= 4 is 21.6 Å². The van der Waals surface area contributed by atoms with Crippen LogP contribution < -0.4 is 5.32 Å². The van der Waals surface area contributed by atoms with Gasteiger partial charge in [0.15, 0.2) is 0 Å². The van der Waals surface area contributed by atoms with Crippen LogP contribution >= 0.6 is 0 Å². The van der Waals surface area contributed by atoms with Crippen molar-refractivity contribution in [2.75, 3.05) is 18.4 Å². The zero-order valence-corrected chi connectivity index (χ0v) is 16.3. The van der Waals surface area contributed by atoms with Crippen LogP contribution in [0.15, 0.2) is 41.3 Å². The van der Waals surface area contributed by atoms with E-state index in [-0.39, 0.29) is 5.56 Å². The van der Waals surface area contributed by atoms with E-state index in [0.717, 1.165) is 42.5 Å². The van der Waals surface area contributed by atoms with Gasteiger partial charge in [-0.25, -0.2) is 12.8 Å². The van der Waals surface area contributed by atoms with Gasteiger partial charge in [0, 0.05) is 24.3 Å². The van der Waals surface area contributed by atoms with Crippen LogP contribution in [0.1, 0.15) is 40.7 Å². The number of anilines is 1. The number of benzene rings is 2. The third-order valence-corrected chi connectivity index (χ3v) is 6.67. The van der Waals surface area contributed by atoms with Crippen LogP contribution in [0.25, 0.3) is 0 Å². The Kier molecular flexibility index (Phi) is 5.62. The number of piperidine rings is 1. The van der Waals surface area contributed by atoms with Gasteiger partial charge in [0.25, 0.3) is 5.91 Å². The number of aryl methyl sites for hydroxylation is 2. The summed E-state index contributed by atoms with van der Waals surface area (Å²) in [5.74, 6) is -1.32. The highest BCUT2D eigenvalue weighted by Crippen LogP contribution is 2.25. The summed E-state index contributed by atoms with van der Waals surface area (Å²) in [5.41, 5.74) is 2.70. The maximum absolute atomic E-state index is 14.3. The van der Waals surface area contributed by atoms with E-state index >= 15 is 0 Å². The van der Waals surface area contributed by atoms with Crippen LogP contribution in [0.5, 0.6) is 0 Å². The Balaban J connectivity index is 1.89. The average Bonchev–Trinajstić information content (AvgIpc) is 2.65. The van der Waals surface area contributed by atoms with Crippen LogP contribution in [-0.4, -0.2) is 31.7 Å². The number of rotatable bonds is 4. The summed E-state index contributed by atoms with van der Waals surface area (Å²) >= 11 is 0. The van der Waals surface area contributed by atoms with E-state index in [0.29, 0.717) is 18.8 Å². The summed E-state index contributed by atoms with van der Waals surface area (Å²) in [6, 6.07) is 9.05. The molecule has 5 nitrogen and oxygen atoms in total. The van der Waals surface area contributed by atoms with Gasteiger partial charge in [-0.3, -0.25) is 4.79 Å². The summed E-state index contributed by atoms with van der Waals surface area (Å²) in [4.78, 5) is 12.1. The summed E-state index contributed by atoms with van der Waals surface area (Å²) in [6.07, 6.45) is 2.48. The highest BCUT2D eigenvalue weighted by molar-refractivity contribution is 7.89. The van der Waals surface area contributed by atoms with Crippen molar-refractivity contribution in [3.63, 3.8) is 0 Å². The first-order chi connectivity index (χ1) is 12.8. The van der Waals surface area contributed by atoms with Crippen LogP contribution in [0, 0.1) is 19.7 Å². The number of hydrogen-bond acceptors (Lipinski definition) is 3. The molecule has 0 spiro atoms. The van der Waals surface area contributed by atoms with Crippen LogP contribution in [-0.2, 0) is 10.0 Å². The zero-order chi connectivity index (χ0) is 19.6. The van der Waals surface area contributed by atoms with Crippen molar-refractivity contribution in [3.8, 4) is 0 Å². The minimum absolute atomic E-state index is 0.104. The highest BCUT2D eigenvalue weighted by Gasteiger charge is 2.29. The Morgan fingerprint density at radius 2 is 1.74 bits per heavy atom. The summed E-state index contributed by atoms with van der Waals surface area (Å²) in [7, 11) is -3.96. The SMILES string of the molecule is Cc1ccc(NC(=O)c2ccc(F)c(S(=O)(=O)N3CCCCC3)c2)c(C)c1. The van der Waals surface area contributed by atoms with E-state index in [9.17, 15) is 17.6 Å². The van der Waals surface area contributed by atoms with Gasteiger partial charge in [0.2, 0.25) is 10.0 Å². The van der Waals surface area contributed by atoms with E-state index in [1.165, 1.54) is 10.4 Å². The molecule has 7 heteroatoms. The number of amides is 1. The maximum Gasteiger partial charge on any atom is 0.255 e. The molecule has 0 saturated carbocycles. The molecule has 27 heavy (non-hydrogen) atoms. The van der Waals surface area contributed by atoms with Crippen molar-refractivity contribution in [2.45, 2.75) is 38.0 Å². The number of halogens is 1. The predicted octanol–water partition coefficient (Wildman–Crippen LogP) is 3.87. The minimum atomic E-state index is -3.96. The summed E-state index contributed by atoms with van der Waals surface area (Å²) in [6.45, 7) is 4.58. The molecule has 0 atom stereocenters. The second-order valence-corrected chi connectivity index (χ2v) is 8.79. The second-order valence-electron chi connectivity index (χ2n) is 6.88. The molecule has 1 N–H and O–H groups in total. The predicted molar refractivity (Wildman–Crippen MR) is 103 cm³/mol. The highest BCUT2D eigenvalue weighted by atomic mass is 32.2.